The summed E-state index contributed by atoms with van der Waals surface area (Å²) in [5, 5.41) is 3.41. The highest BCUT2D eigenvalue weighted by atomic mass is 32.2. The summed E-state index contributed by atoms with van der Waals surface area (Å²) in [6.45, 7) is 4.20. The molecule has 3 heteroatoms. The minimum Gasteiger partial charge on any atom is -0.491 e. The zero-order valence-electron chi connectivity index (χ0n) is 9.58. The van der Waals surface area contributed by atoms with E-state index in [9.17, 15) is 0 Å². The molecule has 1 saturated heterocycles. The molecule has 0 saturated carbocycles. The van der Waals surface area contributed by atoms with E-state index in [1.54, 1.807) is 0 Å². The maximum atomic E-state index is 5.98. The number of anilines is 1. The van der Waals surface area contributed by atoms with Crippen molar-refractivity contribution in [3.8, 4) is 5.75 Å². The third kappa shape index (κ3) is 1.77. The van der Waals surface area contributed by atoms with Crippen molar-refractivity contribution in [3.63, 3.8) is 0 Å². The molecule has 0 atom stereocenters. The summed E-state index contributed by atoms with van der Waals surface area (Å²) in [4.78, 5) is 0. The van der Waals surface area contributed by atoms with Crippen LogP contribution in [0.3, 0.4) is 0 Å². The Morgan fingerprint density at radius 2 is 2.31 bits per heavy atom. The molecule has 0 aromatic heterocycles. The van der Waals surface area contributed by atoms with E-state index in [0.717, 1.165) is 25.3 Å². The van der Waals surface area contributed by atoms with Crippen LogP contribution in [0.4, 0.5) is 5.69 Å². The first-order chi connectivity index (χ1) is 7.77. The lowest BCUT2D eigenvalue weighted by atomic mass is 9.96. The van der Waals surface area contributed by atoms with E-state index in [4.69, 9.17) is 4.74 Å². The summed E-state index contributed by atoms with van der Waals surface area (Å²) >= 11 is 2.01. The fourth-order valence-corrected chi connectivity index (χ4v) is 3.28. The van der Waals surface area contributed by atoms with Gasteiger partial charge in [0.2, 0.25) is 0 Å². The van der Waals surface area contributed by atoms with Gasteiger partial charge in [-0.1, -0.05) is 19.1 Å². The van der Waals surface area contributed by atoms with Gasteiger partial charge in [-0.2, -0.15) is 11.8 Å². The number of rotatable bonds is 3. The van der Waals surface area contributed by atoms with E-state index in [-0.39, 0.29) is 0 Å². The van der Waals surface area contributed by atoms with Crippen molar-refractivity contribution >= 4 is 17.4 Å². The van der Waals surface area contributed by atoms with E-state index in [1.807, 2.05) is 11.8 Å². The van der Waals surface area contributed by atoms with Crippen LogP contribution >= 0.6 is 11.8 Å². The van der Waals surface area contributed by atoms with Crippen LogP contribution in [0.15, 0.2) is 18.2 Å². The molecule has 1 aromatic rings. The van der Waals surface area contributed by atoms with Crippen LogP contribution in [0.2, 0.25) is 0 Å². The number of ether oxygens (including phenoxy) is 1. The van der Waals surface area contributed by atoms with E-state index in [2.05, 4.69) is 30.4 Å². The second kappa shape index (κ2) is 3.88. The Morgan fingerprint density at radius 1 is 1.44 bits per heavy atom. The van der Waals surface area contributed by atoms with Gasteiger partial charge in [0.05, 0.1) is 12.3 Å². The standard InChI is InChI=1S/C13H17NOS/c1-13(8-16-9-13)7-15-11-4-2-3-10-5-6-14-12(10)11/h2-4,14H,5-9H2,1H3. The van der Waals surface area contributed by atoms with Gasteiger partial charge in [-0.05, 0) is 18.1 Å². The van der Waals surface area contributed by atoms with Crippen LogP contribution in [0.25, 0.3) is 0 Å². The number of para-hydroxylation sites is 1. The number of benzene rings is 1. The van der Waals surface area contributed by atoms with Gasteiger partial charge in [0.1, 0.15) is 5.75 Å². The summed E-state index contributed by atoms with van der Waals surface area (Å²) < 4.78 is 5.98. The molecule has 0 amide bonds. The minimum absolute atomic E-state index is 0.395. The average Bonchev–Trinajstić information content (AvgIpc) is 2.72. The van der Waals surface area contributed by atoms with E-state index >= 15 is 0 Å². The van der Waals surface area contributed by atoms with Gasteiger partial charge in [-0.3, -0.25) is 0 Å². The topological polar surface area (TPSA) is 21.3 Å². The van der Waals surface area contributed by atoms with Gasteiger partial charge in [-0.15, -0.1) is 0 Å². The molecule has 0 aliphatic carbocycles. The molecule has 0 spiro atoms. The van der Waals surface area contributed by atoms with Crippen molar-refractivity contribution in [3.05, 3.63) is 23.8 Å². The molecule has 3 rings (SSSR count). The second-order valence-corrected chi connectivity index (χ2v) is 6.04. The molecule has 2 nitrogen and oxygen atoms in total. The lowest BCUT2D eigenvalue weighted by Gasteiger charge is -2.37. The summed E-state index contributed by atoms with van der Waals surface area (Å²) in [6.07, 6.45) is 1.12. The van der Waals surface area contributed by atoms with Crippen LogP contribution in [0, 0.1) is 5.41 Å². The molecule has 1 fully saturated rings. The summed E-state index contributed by atoms with van der Waals surface area (Å²) in [5.74, 6) is 3.50. The SMILES string of the molecule is CC1(COc2cccc3c2NCC3)CSC1. The lowest BCUT2D eigenvalue weighted by Crippen LogP contribution is -2.38. The molecule has 16 heavy (non-hydrogen) atoms. The van der Waals surface area contributed by atoms with Crippen LogP contribution in [-0.2, 0) is 6.42 Å². The van der Waals surface area contributed by atoms with Gasteiger partial charge in [0.25, 0.3) is 0 Å². The Labute approximate surface area is 101 Å². The summed E-state index contributed by atoms with van der Waals surface area (Å²) in [7, 11) is 0. The Morgan fingerprint density at radius 3 is 3.06 bits per heavy atom. The molecule has 2 aliphatic heterocycles. The number of hydrogen-bond acceptors (Lipinski definition) is 3. The highest BCUT2D eigenvalue weighted by Gasteiger charge is 2.33. The molecular formula is C13H17NOS. The summed E-state index contributed by atoms with van der Waals surface area (Å²) in [5.41, 5.74) is 3.01. The third-order valence-corrected chi connectivity index (χ3v) is 5.09. The van der Waals surface area contributed by atoms with Crippen LogP contribution < -0.4 is 10.1 Å². The monoisotopic (exact) mass is 235 g/mol. The van der Waals surface area contributed by atoms with Gasteiger partial charge in [0.15, 0.2) is 0 Å². The zero-order chi connectivity index (χ0) is 11.0. The molecule has 2 aliphatic rings. The fourth-order valence-electron chi connectivity index (χ4n) is 2.21. The predicted molar refractivity (Wildman–Crippen MR) is 69.6 cm³/mol. The number of fused-ring (bicyclic) bond motifs is 1. The van der Waals surface area contributed by atoms with Gasteiger partial charge in [0, 0.05) is 23.5 Å². The Hall–Kier alpha value is -0.830. The van der Waals surface area contributed by atoms with E-state index in [1.165, 1.54) is 22.8 Å². The normalized spacial score (nSPS) is 20.8. The van der Waals surface area contributed by atoms with Crippen molar-refractivity contribution in [1.29, 1.82) is 0 Å². The molecule has 2 heterocycles. The molecule has 0 bridgehead atoms. The van der Waals surface area contributed by atoms with Gasteiger partial charge >= 0.3 is 0 Å². The predicted octanol–water partition coefficient (Wildman–Crippen LogP) is 2.79. The molecule has 1 N–H and O–H groups in total. The largest absolute Gasteiger partial charge is 0.491 e. The molecule has 86 valence electrons. The number of hydrogen-bond donors (Lipinski definition) is 1. The maximum absolute atomic E-state index is 5.98. The Kier molecular flexibility index (Phi) is 2.51. The quantitative estimate of drug-likeness (QED) is 0.870. The smallest absolute Gasteiger partial charge is 0.142 e. The first kappa shape index (κ1) is 10.3. The highest BCUT2D eigenvalue weighted by molar-refractivity contribution is 8.00. The first-order valence-corrected chi connectivity index (χ1v) is 6.99. The maximum Gasteiger partial charge on any atom is 0.142 e. The highest BCUT2D eigenvalue weighted by Crippen LogP contribution is 2.39. The Balaban J connectivity index is 1.72. The zero-order valence-corrected chi connectivity index (χ0v) is 10.4. The Bertz CT molecular complexity index is 401. The van der Waals surface area contributed by atoms with Crippen LogP contribution in [-0.4, -0.2) is 24.7 Å². The van der Waals surface area contributed by atoms with E-state index < -0.39 is 0 Å². The second-order valence-electron chi connectivity index (χ2n) is 5.06. The van der Waals surface area contributed by atoms with E-state index in [0.29, 0.717) is 5.41 Å². The first-order valence-electron chi connectivity index (χ1n) is 5.83. The molecule has 1 aromatic carbocycles. The fraction of sp³-hybridized carbons (Fsp3) is 0.538. The van der Waals surface area contributed by atoms with Crippen molar-refractivity contribution in [2.45, 2.75) is 13.3 Å². The minimum atomic E-state index is 0.395. The molecule has 0 unspecified atom stereocenters. The number of nitrogens with one attached hydrogen (secondary N) is 1. The van der Waals surface area contributed by atoms with Gasteiger partial charge < -0.3 is 10.1 Å². The van der Waals surface area contributed by atoms with Crippen molar-refractivity contribution in [2.75, 3.05) is 30.0 Å². The van der Waals surface area contributed by atoms with Crippen LogP contribution in [0.5, 0.6) is 5.75 Å². The van der Waals surface area contributed by atoms with Crippen molar-refractivity contribution in [2.24, 2.45) is 5.41 Å². The molecular weight excluding hydrogens is 218 g/mol. The lowest BCUT2D eigenvalue weighted by molar-refractivity contribution is 0.197. The van der Waals surface area contributed by atoms with Crippen molar-refractivity contribution in [1.82, 2.24) is 0 Å². The average molecular weight is 235 g/mol. The third-order valence-electron chi connectivity index (χ3n) is 3.29. The van der Waals surface area contributed by atoms with Gasteiger partial charge in [-0.25, -0.2) is 0 Å². The number of thioether (sulfide) groups is 1. The van der Waals surface area contributed by atoms with Crippen molar-refractivity contribution < 1.29 is 4.74 Å². The molecule has 0 radical (unpaired) electrons. The summed E-state index contributed by atoms with van der Waals surface area (Å²) in [6, 6.07) is 6.36. The van der Waals surface area contributed by atoms with Crippen LogP contribution in [0.1, 0.15) is 12.5 Å².